The third kappa shape index (κ3) is 4.26. The van der Waals surface area contributed by atoms with Gasteiger partial charge in [-0.1, -0.05) is 22.9 Å². The molecule has 23 heavy (non-hydrogen) atoms. The first-order valence-corrected chi connectivity index (χ1v) is 8.16. The Morgan fingerprint density at radius 2 is 2.26 bits per heavy atom. The first-order chi connectivity index (χ1) is 10.9. The number of hydrogen-bond acceptors (Lipinski definition) is 6. The van der Waals surface area contributed by atoms with E-state index >= 15 is 0 Å². The van der Waals surface area contributed by atoms with Crippen LogP contribution in [-0.2, 0) is 11.2 Å². The van der Waals surface area contributed by atoms with Crippen LogP contribution in [0.3, 0.4) is 0 Å². The predicted octanol–water partition coefficient (Wildman–Crippen LogP) is 3.06. The molecule has 1 aromatic carbocycles. The molecule has 0 fully saturated rings. The van der Waals surface area contributed by atoms with E-state index in [0.717, 1.165) is 11.8 Å². The molecule has 2 aromatic rings. The summed E-state index contributed by atoms with van der Waals surface area (Å²) in [6, 6.07) is 3.18. The Hall–Kier alpha value is -2.00. The lowest BCUT2D eigenvalue weighted by Crippen LogP contribution is -1.98. The Morgan fingerprint density at radius 3 is 2.83 bits per heavy atom. The Morgan fingerprint density at radius 1 is 1.52 bits per heavy atom. The number of halogens is 1. The van der Waals surface area contributed by atoms with Crippen molar-refractivity contribution < 1.29 is 19.7 Å². The van der Waals surface area contributed by atoms with Crippen LogP contribution in [0.25, 0.3) is 6.08 Å². The maximum Gasteiger partial charge on any atom is 0.342 e. The molecule has 0 radical (unpaired) electrons. The van der Waals surface area contributed by atoms with Crippen molar-refractivity contribution in [3.05, 3.63) is 32.9 Å². The summed E-state index contributed by atoms with van der Waals surface area (Å²) < 4.78 is 5.70. The van der Waals surface area contributed by atoms with Gasteiger partial charge in [-0.15, -0.1) is 5.10 Å². The molecule has 0 aliphatic heterocycles. The zero-order chi connectivity index (χ0) is 17.0. The molecule has 122 valence electrons. The van der Waals surface area contributed by atoms with Gasteiger partial charge in [-0.05, 0) is 30.0 Å². The van der Waals surface area contributed by atoms with Crippen molar-refractivity contribution in [2.75, 3.05) is 7.11 Å². The molecule has 2 rings (SSSR count). The average molecular weight is 400 g/mol. The Bertz CT molecular complexity index is 760. The van der Waals surface area contributed by atoms with Crippen LogP contribution in [0.4, 0.5) is 0 Å². The number of H-pyrrole nitrogens is 1. The lowest BCUT2D eigenvalue weighted by atomic mass is 10.1. The third-order valence-corrected chi connectivity index (χ3v) is 4.17. The molecule has 0 aliphatic carbocycles. The van der Waals surface area contributed by atoms with Gasteiger partial charge in [-0.25, -0.2) is 9.78 Å². The van der Waals surface area contributed by atoms with Gasteiger partial charge >= 0.3 is 5.97 Å². The molecule has 0 atom stereocenters. The van der Waals surface area contributed by atoms with E-state index in [9.17, 15) is 15.0 Å². The van der Waals surface area contributed by atoms with E-state index in [2.05, 4.69) is 31.1 Å². The topological polar surface area (TPSA) is 108 Å². The summed E-state index contributed by atoms with van der Waals surface area (Å²) >= 11 is 4.19. The second kappa shape index (κ2) is 7.51. The fraction of sp³-hybridized carbons (Fsp3) is 0.214. The second-order valence-corrected chi connectivity index (χ2v) is 6.30. The molecule has 0 saturated heterocycles. The summed E-state index contributed by atoms with van der Waals surface area (Å²) in [4.78, 5) is 15.6. The SMILES string of the molecule is CCc1nc(S/C(=C\c2cc(Br)cc(OC)c2O)C(=O)O)n[nH]1. The van der Waals surface area contributed by atoms with Gasteiger partial charge in [0.15, 0.2) is 11.5 Å². The van der Waals surface area contributed by atoms with E-state index < -0.39 is 5.97 Å². The van der Waals surface area contributed by atoms with Crippen LogP contribution in [0.1, 0.15) is 18.3 Å². The van der Waals surface area contributed by atoms with Gasteiger partial charge in [0, 0.05) is 16.5 Å². The number of aliphatic carboxylic acids is 1. The van der Waals surface area contributed by atoms with Gasteiger partial charge in [-0.2, -0.15) is 0 Å². The number of nitrogens with zero attached hydrogens (tertiary/aromatic N) is 2. The summed E-state index contributed by atoms with van der Waals surface area (Å²) in [6.07, 6.45) is 2.01. The maximum atomic E-state index is 11.5. The first kappa shape index (κ1) is 17.4. The van der Waals surface area contributed by atoms with Crippen molar-refractivity contribution in [2.24, 2.45) is 0 Å². The summed E-state index contributed by atoms with van der Waals surface area (Å²) in [5.74, 6) is -0.369. The van der Waals surface area contributed by atoms with Gasteiger partial charge in [0.1, 0.15) is 10.7 Å². The third-order valence-electron chi connectivity index (χ3n) is 2.83. The van der Waals surface area contributed by atoms with Crippen LogP contribution >= 0.6 is 27.7 Å². The van der Waals surface area contributed by atoms with Crippen LogP contribution in [0.15, 0.2) is 26.7 Å². The summed E-state index contributed by atoms with van der Waals surface area (Å²) in [5, 5.41) is 26.5. The number of methoxy groups -OCH3 is 1. The number of carboxylic acids is 1. The largest absolute Gasteiger partial charge is 0.504 e. The Labute approximate surface area is 144 Å². The molecule has 0 unspecified atom stereocenters. The molecule has 0 bridgehead atoms. The molecular formula is C14H14BrN3O4S. The average Bonchev–Trinajstić information content (AvgIpc) is 2.97. The number of rotatable bonds is 6. The number of aromatic amines is 1. The molecule has 1 aromatic heterocycles. The normalized spacial score (nSPS) is 11.5. The number of hydrogen-bond donors (Lipinski definition) is 3. The number of carbonyl (C=O) groups is 1. The van der Waals surface area contributed by atoms with E-state index in [1.807, 2.05) is 6.92 Å². The highest BCUT2D eigenvalue weighted by atomic mass is 79.9. The Balaban J connectivity index is 2.39. The van der Waals surface area contributed by atoms with Crippen molar-refractivity contribution in [1.29, 1.82) is 0 Å². The number of benzene rings is 1. The fourth-order valence-electron chi connectivity index (χ4n) is 1.72. The van der Waals surface area contributed by atoms with Gasteiger partial charge in [0.05, 0.1) is 7.11 Å². The standard InChI is InChI=1S/C14H14BrN3O4S/c1-3-11-16-14(18-17-11)23-10(13(20)21)5-7-4-8(15)6-9(22-2)12(7)19/h4-6,19H,3H2,1-2H3,(H,20,21)(H,16,17,18)/b10-5-. The molecule has 3 N–H and O–H groups in total. The van der Waals surface area contributed by atoms with Gasteiger partial charge < -0.3 is 14.9 Å². The maximum absolute atomic E-state index is 11.5. The highest BCUT2D eigenvalue weighted by molar-refractivity contribution is 9.10. The van der Waals surface area contributed by atoms with E-state index in [1.54, 1.807) is 12.1 Å². The molecule has 0 saturated carbocycles. The summed E-state index contributed by atoms with van der Waals surface area (Å²) in [5.41, 5.74) is 0.312. The van der Waals surface area contributed by atoms with Crippen LogP contribution in [-0.4, -0.2) is 38.5 Å². The number of phenols is 1. The number of ether oxygens (including phenoxy) is 1. The van der Waals surface area contributed by atoms with Crippen LogP contribution < -0.4 is 4.74 Å². The summed E-state index contributed by atoms with van der Waals surface area (Å²) in [6.45, 7) is 1.91. The monoisotopic (exact) mass is 399 g/mol. The number of aromatic hydroxyl groups is 1. The predicted molar refractivity (Wildman–Crippen MR) is 89.6 cm³/mol. The van der Waals surface area contributed by atoms with Crippen LogP contribution in [0.5, 0.6) is 11.5 Å². The molecule has 7 nitrogen and oxygen atoms in total. The minimum Gasteiger partial charge on any atom is -0.504 e. The molecule has 0 aliphatic rings. The number of aryl methyl sites for hydroxylation is 1. The van der Waals surface area contributed by atoms with Crippen molar-refractivity contribution in [1.82, 2.24) is 15.2 Å². The smallest absolute Gasteiger partial charge is 0.342 e. The minimum atomic E-state index is -1.14. The second-order valence-electron chi connectivity index (χ2n) is 4.38. The van der Waals surface area contributed by atoms with Crippen molar-refractivity contribution in [3.63, 3.8) is 0 Å². The van der Waals surface area contributed by atoms with Gasteiger partial charge in [0.25, 0.3) is 0 Å². The quantitative estimate of drug-likeness (QED) is 0.505. The highest BCUT2D eigenvalue weighted by Crippen LogP contribution is 2.36. The lowest BCUT2D eigenvalue weighted by Gasteiger charge is -2.08. The van der Waals surface area contributed by atoms with E-state index in [4.69, 9.17) is 4.74 Å². The lowest BCUT2D eigenvalue weighted by molar-refractivity contribution is -0.131. The van der Waals surface area contributed by atoms with E-state index in [1.165, 1.54) is 13.2 Å². The van der Waals surface area contributed by atoms with Crippen molar-refractivity contribution in [2.45, 2.75) is 18.5 Å². The highest BCUT2D eigenvalue weighted by Gasteiger charge is 2.16. The minimum absolute atomic E-state index is 0.0258. The van der Waals surface area contributed by atoms with Gasteiger partial charge in [-0.3, -0.25) is 5.10 Å². The number of aromatic nitrogens is 3. The first-order valence-electron chi connectivity index (χ1n) is 6.55. The number of thioether (sulfide) groups is 1. The fourth-order valence-corrected chi connectivity index (χ4v) is 2.89. The van der Waals surface area contributed by atoms with E-state index in [0.29, 0.717) is 27.4 Å². The molecular weight excluding hydrogens is 386 g/mol. The number of phenolic OH excluding ortho intramolecular Hbond substituents is 1. The van der Waals surface area contributed by atoms with Crippen LogP contribution in [0, 0.1) is 0 Å². The van der Waals surface area contributed by atoms with Crippen molar-refractivity contribution in [3.8, 4) is 11.5 Å². The van der Waals surface area contributed by atoms with E-state index in [-0.39, 0.29) is 16.4 Å². The number of nitrogens with one attached hydrogen (secondary N) is 1. The van der Waals surface area contributed by atoms with Gasteiger partial charge in [0.2, 0.25) is 5.16 Å². The molecule has 0 spiro atoms. The number of carboxylic acid groups (broad SMARTS) is 1. The van der Waals surface area contributed by atoms with Crippen LogP contribution in [0.2, 0.25) is 0 Å². The van der Waals surface area contributed by atoms with Crippen molar-refractivity contribution >= 4 is 39.7 Å². The Kier molecular flexibility index (Phi) is 5.67. The zero-order valence-corrected chi connectivity index (χ0v) is 14.7. The molecule has 1 heterocycles. The zero-order valence-electron chi connectivity index (χ0n) is 12.3. The molecule has 0 amide bonds. The molecule has 9 heteroatoms. The summed E-state index contributed by atoms with van der Waals surface area (Å²) in [7, 11) is 1.42.